The fourth-order valence-corrected chi connectivity index (χ4v) is 3.32. The molecule has 0 spiro atoms. The molecule has 1 fully saturated rings. The normalized spacial score (nSPS) is 18.2. The molecular formula is C17H24ClN5. The number of aromatic nitrogens is 2. The smallest absolute Gasteiger partial charge is 0.152 e. The Bertz CT molecular complexity index is 619. The molecule has 0 radical (unpaired) electrons. The van der Waals surface area contributed by atoms with E-state index in [1.54, 1.807) is 0 Å². The van der Waals surface area contributed by atoms with E-state index in [0.29, 0.717) is 5.15 Å². The van der Waals surface area contributed by atoms with Gasteiger partial charge in [-0.2, -0.15) is 0 Å². The van der Waals surface area contributed by atoms with E-state index >= 15 is 0 Å². The van der Waals surface area contributed by atoms with Crippen LogP contribution < -0.4 is 5.32 Å². The highest BCUT2D eigenvalue weighted by Crippen LogP contribution is 2.29. The van der Waals surface area contributed by atoms with Gasteiger partial charge in [0.25, 0.3) is 0 Å². The van der Waals surface area contributed by atoms with Gasteiger partial charge in [0.1, 0.15) is 5.82 Å². The Kier molecular flexibility index (Phi) is 5.33. The maximum absolute atomic E-state index is 6.47. The predicted molar refractivity (Wildman–Crippen MR) is 94.8 cm³/mol. The first-order valence-electron chi connectivity index (χ1n) is 8.07. The van der Waals surface area contributed by atoms with Crippen LogP contribution >= 0.6 is 11.6 Å². The van der Waals surface area contributed by atoms with E-state index < -0.39 is 0 Å². The molecule has 2 heterocycles. The summed E-state index contributed by atoms with van der Waals surface area (Å²) in [6.07, 6.45) is 0. The van der Waals surface area contributed by atoms with Crippen molar-refractivity contribution in [2.45, 2.75) is 6.04 Å². The SMILES string of the molecule is CNCC(c1[nH]c(-c2ccccc2)nc1Cl)N1CCN(C)CC1. The van der Waals surface area contributed by atoms with Crippen molar-refractivity contribution in [1.82, 2.24) is 25.1 Å². The van der Waals surface area contributed by atoms with Gasteiger partial charge in [0, 0.05) is 38.3 Å². The van der Waals surface area contributed by atoms with Crippen molar-refractivity contribution in [3.63, 3.8) is 0 Å². The van der Waals surface area contributed by atoms with Crippen LogP contribution in [0.3, 0.4) is 0 Å². The zero-order valence-electron chi connectivity index (χ0n) is 13.7. The third-order valence-electron chi connectivity index (χ3n) is 4.44. The van der Waals surface area contributed by atoms with Gasteiger partial charge < -0.3 is 15.2 Å². The summed E-state index contributed by atoms with van der Waals surface area (Å²) in [5.74, 6) is 0.834. The number of benzene rings is 1. The average molecular weight is 334 g/mol. The van der Waals surface area contributed by atoms with Gasteiger partial charge >= 0.3 is 0 Å². The number of aromatic amines is 1. The number of halogens is 1. The Labute approximate surface area is 142 Å². The maximum Gasteiger partial charge on any atom is 0.152 e. The molecule has 0 saturated carbocycles. The third-order valence-corrected chi connectivity index (χ3v) is 4.73. The summed E-state index contributed by atoms with van der Waals surface area (Å²) in [5.41, 5.74) is 2.06. The maximum atomic E-state index is 6.47. The summed E-state index contributed by atoms with van der Waals surface area (Å²) in [5, 5.41) is 3.86. The van der Waals surface area contributed by atoms with Crippen molar-refractivity contribution in [3.8, 4) is 11.4 Å². The van der Waals surface area contributed by atoms with Gasteiger partial charge in [-0.3, -0.25) is 4.90 Å². The summed E-state index contributed by atoms with van der Waals surface area (Å²) >= 11 is 6.47. The second-order valence-electron chi connectivity index (χ2n) is 6.07. The van der Waals surface area contributed by atoms with E-state index in [1.165, 1.54) is 0 Å². The summed E-state index contributed by atoms with van der Waals surface area (Å²) in [6.45, 7) is 5.09. The number of imidazole rings is 1. The van der Waals surface area contributed by atoms with Crippen molar-refractivity contribution < 1.29 is 0 Å². The fourth-order valence-electron chi connectivity index (χ4n) is 3.06. The number of nitrogens with one attached hydrogen (secondary N) is 2. The second kappa shape index (κ2) is 7.45. The van der Waals surface area contributed by atoms with E-state index in [-0.39, 0.29) is 6.04 Å². The number of piperazine rings is 1. The van der Waals surface area contributed by atoms with Crippen LogP contribution in [-0.4, -0.2) is 66.6 Å². The molecule has 1 aromatic heterocycles. The molecule has 6 heteroatoms. The van der Waals surface area contributed by atoms with Crippen LogP contribution in [0.1, 0.15) is 11.7 Å². The zero-order valence-corrected chi connectivity index (χ0v) is 14.5. The van der Waals surface area contributed by atoms with Crippen LogP contribution in [0.5, 0.6) is 0 Å². The van der Waals surface area contributed by atoms with Crippen LogP contribution in [0.15, 0.2) is 30.3 Å². The first kappa shape index (κ1) is 16.5. The summed E-state index contributed by atoms with van der Waals surface area (Å²) in [4.78, 5) is 12.8. The van der Waals surface area contributed by atoms with E-state index in [9.17, 15) is 0 Å². The Hall–Kier alpha value is -1.40. The Balaban J connectivity index is 1.86. The quantitative estimate of drug-likeness (QED) is 0.881. The molecule has 2 aromatic rings. The lowest BCUT2D eigenvalue weighted by Crippen LogP contribution is -2.48. The van der Waals surface area contributed by atoms with Crippen LogP contribution in [0.4, 0.5) is 0 Å². The molecule has 0 aliphatic carbocycles. The lowest BCUT2D eigenvalue weighted by Gasteiger charge is -2.37. The van der Waals surface area contributed by atoms with Crippen molar-refractivity contribution in [3.05, 3.63) is 41.2 Å². The van der Waals surface area contributed by atoms with Gasteiger partial charge in [0.2, 0.25) is 0 Å². The van der Waals surface area contributed by atoms with Crippen molar-refractivity contribution in [1.29, 1.82) is 0 Å². The van der Waals surface area contributed by atoms with Crippen LogP contribution in [0.2, 0.25) is 5.15 Å². The number of rotatable bonds is 5. The molecule has 1 saturated heterocycles. The minimum Gasteiger partial charge on any atom is -0.339 e. The van der Waals surface area contributed by atoms with Crippen molar-refractivity contribution >= 4 is 11.6 Å². The van der Waals surface area contributed by atoms with Crippen LogP contribution in [-0.2, 0) is 0 Å². The fraction of sp³-hybridized carbons (Fsp3) is 0.471. The first-order valence-corrected chi connectivity index (χ1v) is 8.45. The molecule has 3 rings (SSSR count). The average Bonchev–Trinajstić information content (AvgIpc) is 2.96. The molecule has 1 aromatic carbocycles. The van der Waals surface area contributed by atoms with Crippen molar-refractivity contribution in [2.24, 2.45) is 0 Å². The summed E-state index contributed by atoms with van der Waals surface area (Å²) < 4.78 is 0. The third kappa shape index (κ3) is 3.75. The Morgan fingerprint density at radius 3 is 2.57 bits per heavy atom. The van der Waals surface area contributed by atoms with Gasteiger partial charge in [0.05, 0.1) is 11.7 Å². The zero-order chi connectivity index (χ0) is 16.2. The molecule has 124 valence electrons. The Morgan fingerprint density at radius 1 is 1.22 bits per heavy atom. The van der Waals surface area contributed by atoms with Crippen LogP contribution in [0.25, 0.3) is 11.4 Å². The summed E-state index contributed by atoms with van der Waals surface area (Å²) in [7, 11) is 4.15. The highest BCUT2D eigenvalue weighted by molar-refractivity contribution is 6.30. The predicted octanol–water partition coefficient (Wildman–Crippen LogP) is 2.24. The largest absolute Gasteiger partial charge is 0.339 e. The number of nitrogens with zero attached hydrogens (tertiary/aromatic N) is 3. The monoisotopic (exact) mass is 333 g/mol. The molecule has 23 heavy (non-hydrogen) atoms. The molecule has 1 aliphatic heterocycles. The van der Waals surface area contributed by atoms with E-state index in [0.717, 1.165) is 49.8 Å². The minimum absolute atomic E-state index is 0.214. The number of H-pyrrole nitrogens is 1. The minimum atomic E-state index is 0.214. The Morgan fingerprint density at radius 2 is 1.91 bits per heavy atom. The molecular weight excluding hydrogens is 310 g/mol. The topological polar surface area (TPSA) is 47.2 Å². The molecule has 5 nitrogen and oxygen atoms in total. The first-order chi connectivity index (χ1) is 11.2. The highest BCUT2D eigenvalue weighted by Gasteiger charge is 2.27. The van der Waals surface area contributed by atoms with Gasteiger partial charge in [-0.05, 0) is 14.1 Å². The van der Waals surface area contributed by atoms with Gasteiger partial charge in [-0.15, -0.1) is 0 Å². The van der Waals surface area contributed by atoms with E-state index in [4.69, 9.17) is 11.6 Å². The van der Waals surface area contributed by atoms with Gasteiger partial charge in [0.15, 0.2) is 5.15 Å². The van der Waals surface area contributed by atoms with E-state index in [2.05, 4.69) is 32.1 Å². The number of likely N-dealkylation sites (N-methyl/N-ethyl adjacent to an activating group) is 2. The molecule has 2 N–H and O–H groups in total. The molecule has 0 bridgehead atoms. The molecule has 1 atom stereocenters. The molecule has 1 aliphatic rings. The van der Waals surface area contributed by atoms with Gasteiger partial charge in [-0.1, -0.05) is 41.9 Å². The lowest BCUT2D eigenvalue weighted by molar-refractivity contribution is 0.109. The van der Waals surface area contributed by atoms with Crippen molar-refractivity contribution in [2.75, 3.05) is 46.8 Å². The number of hydrogen-bond acceptors (Lipinski definition) is 4. The standard InChI is InChI=1S/C17H24ClN5/c1-19-12-14(23-10-8-22(2)9-11-23)15-16(18)21-17(20-15)13-6-4-3-5-7-13/h3-7,14,19H,8-12H2,1-2H3,(H,20,21). The molecule has 1 unspecified atom stereocenters. The van der Waals surface area contributed by atoms with Crippen LogP contribution in [0, 0.1) is 0 Å². The van der Waals surface area contributed by atoms with Gasteiger partial charge in [-0.25, -0.2) is 4.98 Å². The second-order valence-corrected chi connectivity index (χ2v) is 6.43. The number of hydrogen-bond donors (Lipinski definition) is 2. The van der Waals surface area contributed by atoms with E-state index in [1.807, 2.05) is 37.4 Å². The highest BCUT2D eigenvalue weighted by atomic mass is 35.5. The summed E-state index contributed by atoms with van der Waals surface area (Å²) in [6, 6.07) is 10.3. The molecule has 0 amide bonds. The lowest BCUT2D eigenvalue weighted by atomic mass is 10.1.